The molecule has 2 heteroatoms. The molecule has 3 aromatic rings. The van der Waals surface area contributed by atoms with E-state index in [-0.39, 0.29) is 0 Å². The number of carbonyl (C=O) groups excluding carboxylic acids is 1. The number of pyridine rings is 1. The number of nitrogens with zero attached hydrogens (tertiary/aromatic N) is 1. The summed E-state index contributed by atoms with van der Waals surface area (Å²) in [5.74, 6) is 0.607. The molecular weight excluding hydrogens is 318 g/mol. The number of carbonyl (C=O) groups is 1. The molecule has 2 nitrogen and oxygen atoms in total. The average Bonchev–Trinajstić information content (AvgIpc) is 2.67. The standard InChI is InChI=1S/C24H25NO/c1-3-20(21-7-5-4-6-8-21)17-24(26)16-19-9-11-22(12-10-19)23-13-14-25-18(2)15-23/h4-15,20H,3,16-17H2,1-2H3/t20-/m0/s1. The van der Waals surface area contributed by atoms with Gasteiger partial charge in [-0.2, -0.15) is 0 Å². The molecule has 0 unspecified atom stereocenters. The van der Waals surface area contributed by atoms with E-state index < -0.39 is 0 Å². The van der Waals surface area contributed by atoms with E-state index in [2.05, 4.69) is 54.4 Å². The predicted octanol–water partition coefficient (Wildman–Crippen LogP) is 5.75. The van der Waals surface area contributed by atoms with E-state index in [1.165, 1.54) is 5.56 Å². The zero-order valence-electron chi connectivity index (χ0n) is 15.5. The molecule has 0 aliphatic rings. The fourth-order valence-corrected chi connectivity index (χ4v) is 3.34. The van der Waals surface area contributed by atoms with Crippen molar-refractivity contribution in [1.82, 2.24) is 4.98 Å². The van der Waals surface area contributed by atoms with Gasteiger partial charge in [0, 0.05) is 24.7 Å². The Morgan fingerprint density at radius 2 is 1.69 bits per heavy atom. The molecule has 0 fully saturated rings. The average molecular weight is 343 g/mol. The number of hydrogen-bond acceptors (Lipinski definition) is 2. The van der Waals surface area contributed by atoms with Crippen LogP contribution in [-0.2, 0) is 11.2 Å². The second-order valence-corrected chi connectivity index (χ2v) is 6.82. The minimum Gasteiger partial charge on any atom is -0.299 e. The van der Waals surface area contributed by atoms with Crippen LogP contribution in [0.4, 0.5) is 0 Å². The second-order valence-electron chi connectivity index (χ2n) is 6.82. The number of Topliss-reactive ketones (excluding diaryl/α,β-unsaturated/α-hetero) is 1. The smallest absolute Gasteiger partial charge is 0.137 e. The minimum absolute atomic E-state index is 0.299. The molecule has 1 atom stereocenters. The van der Waals surface area contributed by atoms with Gasteiger partial charge in [-0.1, -0.05) is 61.5 Å². The molecule has 0 saturated heterocycles. The molecule has 132 valence electrons. The summed E-state index contributed by atoms with van der Waals surface area (Å²) in [4.78, 5) is 16.8. The molecule has 0 amide bonds. The fraction of sp³-hybridized carbons (Fsp3) is 0.250. The highest BCUT2D eigenvalue weighted by Crippen LogP contribution is 2.25. The van der Waals surface area contributed by atoms with Crippen molar-refractivity contribution < 1.29 is 4.79 Å². The molecule has 0 bridgehead atoms. The van der Waals surface area contributed by atoms with Gasteiger partial charge in [-0.05, 0) is 53.6 Å². The van der Waals surface area contributed by atoms with Crippen LogP contribution in [0.15, 0.2) is 72.9 Å². The monoisotopic (exact) mass is 343 g/mol. The zero-order valence-corrected chi connectivity index (χ0v) is 15.5. The van der Waals surface area contributed by atoms with Crippen LogP contribution in [0, 0.1) is 6.92 Å². The van der Waals surface area contributed by atoms with Crippen LogP contribution in [-0.4, -0.2) is 10.8 Å². The van der Waals surface area contributed by atoms with Crippen molar-refractivity contribution in [1.29, 1.82) is 0 Å². The van der Waals surface area contributed by atoms with E-state index in [1.54, 1.807) is 0 Å². The van der Waals surface area contributed by atoms with Crippen LogP contribution >= 0.6 is 0 Å². The lowest BCUT2D eigenvalue weighted by atomic mass is 9.90. The molecule has 2 aromatic carbocycles. The summed E-state index contributed by atoms with van der Waals surface area (Å²) < 4.78 is 0. The zero-order chi connectivity index (χ0) is 18.4. The van der Waals surface area contributed by atoms with Crippen molar-refractivity contribution in [3.05, 3.63) is 89.7 Å². The van der Waals surface area contributed by atoms with Crippen LogP contribution in [0.25, 0.3) is 11.1 Å². The molecule has 0 radical (unpaired) electrons. The first-order chi connectivity index (χ1) is 12.7. The first-order valence-corrected chi connectivity index (χ1v) is 9.24. The van der Waals surface area contributed by atoms with E-state index in [0.717, 1.165) is 28.8 Å². The number of rotatable bonds is 7. The Morgan fingerprint density at radius 1 is 0.962 bits per heavy atom. The Morgan fingerprint density at radius 3 is 2.35 bits per heavy atom. The first kappa shape index (κ1) is 18.1. The largest absolute Gasteiger partial charge is 0.299 e. The Labute approximate surface area is 155 Å². The highest BCUT2D eigenvalue weighted by Gasteiger charge is 2.14. The maximum Gasteiger partial charge on any atom is 0.137 e. The number of aryl methyl sites for hydroxylation is 1. The lowest BCUT2D eigenvalue weighted by Gasteiger charge is -2.14. The molecule has 3 rings (SSSR count). The normalized spacial score (nSPS) is 11.9. The van der Waals surface area contributed by atoms with Crippen molar-refractivity contribution in [2.45, 2.75) is 39.0 Å². The Bertz CT molecular complexity index is 853. The number of hydrogen-bond donors (Lipinski definition) is 0. The first-order valence-electron chi connectivity index (χ1n) is 9.24. The predicted molar refractivity (Wildman–Crippen MR) is 107 cm³/mol. The quantitative estimate of drug-likeness (QED) is 0.546. The Kier molecular flexibility index (Phi) is 5.96. The summed E-state index contributed by atoms with van der Waals surface area (Å²) in [6.45, 7) is 4.14. The lowest BCUT2D eigenvalue weighted by molar-refractivity contribution is -0.118. The summed E-state index contributed by atoms with van der Waals surface area (Å²) in [7, 11) is 0. The van der Waals surface area contributed by atoms with Gasteiger partial charge in [-0.3, -0.25) is 9.78 Å². The summed E-state index contributed by atoms with van der Waals surface area (Å²) in [6.07, 6.45) is 3.91. The minimum atomic E-state index is 0.299. The Hall–Kier alpha value is -2.74. The molecule has 0 aliphatic heterocycles. The third-order valence-electron chi connectivity index (χ3n) is 4.82. The van der Waals surface area contributed by atoms with E-state index in [1.807, 2.05) is 37.4 Å². The topological polar surface area (TPSA) is 30.0 Å². The lowest BCUT2D eigenvalue weighted by Crippen LogP contribution is -2.09. The van der Waals surface area contributed by atoms with E-state index in [9.17, 15) is 4.79 Å². The van der Waals surface area contributed by atoms with Gasteiger partial charge in [0.1, 0.15) is 5.78 Å². The maximum absolute atomic E-state index is 12.5. The molecule has 0 spiro atoms. The third-order valence-corrected chi connectivity index (χ3v) is 4.82. The van der Waals surface area contributed by atoms with Crippen LogP contribution in [0.5, 0.6) is 0 Å². The summed E-state index contributed by atoms with van der Waals surface area (Å²) >= 11 is 0. The van der Waals surface area contributed by atoms with Crippen LogP contribution in [0.1, 0.15) is 42.5 Å². The number of benzene rings is 2. The highest BCUT2D eigenvalue weighted by molar-refractivity contribution is 5.82. The molecule has 26 heavy (non-hydrogen) atoms. The van der Waals surface area contributed by atoms with Crippen molar-refractivity contribution in [3.8, 4) is 11.1 Å². The molecule has 0 saturated carbocycles. The fourth-order valence-electron chi connectivity index (χ4n) is 3.34. The number of aromatic nitrogens is 1. The van der Waals surface area contributed by atoms with E-state index in [4.69, 9.17) is 0 Å². The van der Waals surface area contributed by atoms with Gasteiger partial charge in [0.2, 0.25) is 0 Å². The van der Waals surface area contributed by atoms with Crippen LogP contribution < -0.4 is 0 Å². The van der Waals surface area contributed by atoms with Gasteiger partial charge >= 0.3 is 0 Å². The second kappa shape index (κ2) is 8.57. The van der Waals surface area contributed by atoms with Gasteiger partial charge < -0.3 is 0 Å². The molecule has 0 N–H and O–H groups in total. The van der Waals surface area contributed by atoms with Crippen LogP contribution in [0.2, 0.25) is 0 Å². The van der Waals surface area contributed by atoms with Crippen molar-refractivity contribution in [2.75, 3.05) is 0 Å². The summed E-state index contributed by atoms with van der Waals surface area (Å²) in [5.41, 5.74) is 5.65. The van der Waals surface area contributed by atoms with Gasteiger partial charge in [-0.15, -0.1) is 0 Å². The molecular formula is C24H25NO. The molecule has 1 aromatic heterocycles. The highest BCUT2D eigenvalue weighted by atomic mass is 16.1. The van der Waals surface area contributed by atoms with E-state index >= 15 is 0 Å². The summed E-state index contributed by atoms with van der Waals surface area (Å²) in [5, 5.41) is 0. The Balaban J connectivity index is 1.64. The van der Waals surface area contributed by atoms with Gasteiger partial charge in [0.15, 0.2) is 0 Å². The van der Waals surface area contributed by atoms with Crippen molar-refractivity contribution in [2.24, 2.45) is 0 Å². The van der Waals surface area contributed by atoms with Gasteiger partial charge in [-0.25, -0.2) is 0 Å². The molecule has 1 heterocycles. The van der Waals surface area contributed by atoms with E-state index in [0.29, 0.717) is 24.5 Å². The van der Waals surface area contributed by atoms with Crippen LogP contribution in [0.3, 0.4) is 0 Å². The number of ketones is 1. The SMILES string of the molecule is CC[C@@H](CC(=O)Cc1ccc(-c2ccnc(C)c2)cc1)c1ccccc1. The molecule has 0 aliphatic carbocycles. The van der Waals surface area contributed by atoms with Crippen molar-refractivity contribution in [3.63, 3.8) is 0 Å². The van der Waals surface area contributed by atoms with Gasteiger partial charge in [0.25, 0.3) is 0 Å². The summed E-state index contributed by atoms with van der Waals surface area (Å²) in [6, 6.07) is 22.7. The maximum atomic E-state index is 12.5. The third kappa shape index (κ3) is 4.66. The van der Waals surface area contributed by atoms with Crippen molar-refractivity contribution >= 4 is 5.78 Å². The van der Waals surface area contributed by atoms with Gasteiger partial charge in [0.05, 0.1) is 0 Å².